The standard InChI is InChI=1S/C20H22N2O/c23-20(14-9-17-7-3-1-4-8-17)21-18-10-12-19(13-11-18)22-15-5-2-6-16-22/h1,3-4,7-14H,2,5-6,15-16H2,(H,21,23). The van der Waals surface area contributed by atoms with Crippen molar-refractivity contribution in [3.63, 3.8) is 0 Å². The van der Waals surface area contributed by atoms with Crippen LogP contribution in [0.4, 0.5) is 11.4 Å². The van der Waals surface area contributed by atoms with Crippen molar-refractivity contribution < 1.29 is 4.79 Å². The van der Waals surface area contributed by atoms with E-state index in [0.29, 0.717) is 0 Å². The minimum Gasteiger partial charge on any atom is -0.372 e. The maximum Gasteiger partial charge on any atom is 0.248 e. The minimum absolute atomic E-state index is 0.112. The number of benzene rings is 2. The van der Waals surface area contributed by atoms with Crippen molar-refractivity contribution >= 4 is 23.4 Å². The highest BCUT2D eigenvalue weighted by molar-refractivity contribution is 6.02. The van der Waals surface area contributed by atoms with E-state index in [2.05, 4.69) is 22.3 Å². The lowest BCUT2D eigenvalue weighted by molar-refractivity contribution is -0.111. The molecule has 0 bridgehead atoms. The van der Waals surface area contributed by atoms with E-state index in [0.717, 1.165) is 24.3 Å². The van der Waals surface area contributed by atoms with Gasteiger partial charge < -0.3 is 10.2 Å². The van der Waals surface area contributed by atoms with Gasteiger partial charge in [0, 0.05) is 30.5 Å². The lowest BCUT2D eigenvalue weighted by Gasteiger charge is -2.28. The molecule has 0 spiro atoms. The highest BCUT2D eigenvalue weighted by atomic mass is 16.1. The van der Waals surface area contributed by atoms with Crippen molar-refractivity contribution in [1.82, 2.24) is 0 Å². The third-order valence-electron chi connectivity index (χ3n) is 4.08. The van der Waals surface area contributed by atoms with Gasteiger partial charge in [-0.25, -0.2) is 0 Å². The predicted molar refractivity (Wildman–Crippen MR) is 96.6 cm³/mol. The van der Waals surface area contributed by atoms with E-state index < -0.39 is 0 Å². The monoisotopic (exact) mass is 306 g/mol. The van der Waals surface area contributed by atoms with E-state index in [-0.39, 0.29) is 5.91 Å². The number of carbonyl (C=O) groups is 1. The average Bonchev–Trinajstić information content (AvgIpc) is 2.62. The van der Waals surface area contributed by atoms with Crippen LogP contribution >= 0.6 is 0 Å². The zero-order valence-corrected chi connectivity index (χ0v) is 13.2. The Morgan fingerprint density at radius 1 is 0.913 bits per heavy atom. The molecule has 0 aromatic heterocycles. The van der Waals surface area contributed by atoms with E-state index >= 15 is 0 Å². The van der Waals surface area contributed by atoms with Crippen molar-refractivity contribution in [3.8, 4) is 0 Å². The van der Waals surface area contributed by atoms with Gasteiger partial charge in [0.2, 0.25) is 5.91 Å². The Hall–Kier alpha value is -2.55. The summed E-state index contributed by atoms with van der Waals surface area (Å²) in [5.74, 6) is -0.112. The molecule has 1 aliphatic rings. The van der Waals surface area contributed by atoms with Crippen LogP contribution in [0.3, 0.4) is 0 Å². The molecule has 118 valence electrons. The number of hydrogen-bond acceptors (Lipinski definition) is 2. The molecule has 1 fully saturated rings. The normalized spacial score (nSPS) is 14.9. The first-order valence-corrected chi connectivity index (χ1v) is 8.20. The van der Waals surface area contributed by atoms with Gasteiger partial charge in [0.15, 0.2) is 0 Å². The fourth-order valence-electron chi connectivity index (χ4n) is 2.83. The molecule has 3 nitrogen and oxygen atoms in total. The molecule has 1 saturated heterocycles. The van der Waals surface area contributed by atoms with Crippen molar-refractivity contribution in [2.45, 2.75) is 19.3 Å². The van der Waals surface area contributed by atoms with Gasteiger partial charge in [0.1, 0.15) is 0 Å². The van der Waals surface area contributed by atoms with Crippen LogP contribution in [0.15, 0.2) is 60.7 Å². The molecule has 0 saturated carbocycles. The van der Waals surface area contributed by atoms with Crippen LogP contribution in [0.2, 0.25) is 0 Å². The molecule has 0 aliphatic carbocycles. The molecule has 0 atom stereocenters. The van der Waals surface area contributed by atoms with Crippen LogP contribution in [0.5, 0.6) is 0 Å². The van der Waals surface area contributed by atoms with Gasteiger partial charge in [0.05, 0.1) is 0 Å². The minimum atomic E-state index is -0.112. The summed E-state index contributed by atoms with van der Waals surface area (Å²) in [7, 11) is 0. The molecule has 1 N–H and O–H groups in total. The number of nitrogens with zero attached hydrogens (tertiary/aromatic N) is 1. The maximum atomic E-state index is 12.0. The largest absolute Gasteiger partial charge is 0.372 e. The van der Waals surface area contributed by atoms with Gasteiger partial charge in [-0.1, -0.05) is 30.3 Å². The summed E-state index contributed by atoms with van der Waals surface area (Å²) in [6.07, 6.45) is 7.25. The van der Waals surface area contributed by atoms with Crippen molar-refractivity contribution in [2.75, 3.05) is 23.3 Å². The number of anilines is 2. The quantitative estimate of drug-likeness (QED) is 0.853. The molecular weight excluding hydrogens is 284 g/mol. The first kappa shape index (κ1) is 15.3. The Kier molecular flexibility index (Phi) is 5.09. The molecule has 1 aliphatic heterocycles. The van der Waals surface area contributed by atoms with E-state index in [9.17, 15) is 4.79 Å². The highest BCUT2D eigenvalue weighted by Crippen LogP contribution is 2.21. The molecule has 23 heavy (non-hydrogen) atoms. The summed E-state index contributed by atoms with van der Waals surface area (Å²) in [4.78, 5) is 14.4. The molecule has 0 unspecified atom stereocenters. The number of piperidine rings is 1. The second kappa shape index (κ2) is 7.63. The summed E-state index contributed by atoms with van der Waals surface area (Å²) in [6, 6.07) is 17.9. The van der Waals surface area contributed by atoms with Gasteiger partial charge >= 0.3 is 0 Å². The van der Waals surface area contributed by atoms with Crippen molar-refractivity contribution in [1.29, 1.82) is 0 Å². The van der Waals surface area contributed by atoms with Crippen molar-refractivity contribution in [3.05, 3.63) is 66.2 Å². The van der Waals surface area contributed by atoms with Crippen LogP contribution < -0.4 is 10.2 Å². The Labute approximate surface area is 137 Å². The Morgan fingerprint density at radius 2 is 1.61 bits per heavy atom. The molecule has 2 aromatic rings. The SMILES string of the molecule is O=C(C=Cc1ccccc1)Nc1ccc(N2CCCCC2)cc1. The molecular formula is C20H22N2O. The fraction of sp³-hybridized carbons (Fsp3) is 0.250. The molecule has 0 radical (unpaired) electrons. The molecule has 1 amide bonds. The van der Waals surface area contributed by atoms with Crippen LogP contribution in [0, 0.1) is 0 Å². The highest BCUT2D eigenvalue weighted by Gasteiger charge is 2.10. The number of hydrogen-bond donors (Lipinski definition) is 1. The second-order valence-corrected chi connectivity index (χ2v) is 5.83. The maximum absolute atomic E-state index is 12.0. The summed E-state index contributed by atoms with van der Waals surface area (Å²) in [6.45, 7) is 2.26. The Bertz CT molecular complexity index is 656. The van der Waals surface area contributed by atoms with E-state index in [1.54, 1.807) is 6.08 Å². The molecule has 3 rings (SSSR count). The number of carbonyl (C=O) groups excluding carboxylic acids is 1. The van der Waals surface area contributed by atoms with Crippen molar-refractivity contribution in [2.24, 2.45) is 0 Å². The molecule has 3 heteroatoms. The van der Waals surface area contributed by atoms with Crippen LogP contribution in [0.25, 0.3) is 6.08 Å². The summed E-state index contributed by atoms with van der Waals surface area (Å²) in [5, 5.41) is 2.90. The molecule has 1 heterocycles. The van der Waals surface area contributed by atoms with Gasteiger partial charge in [-0.15, -0.1) is 0 Å². The van der Waals surface area contributed by atoms with Crippen LogP contribution in [-0.2, 0) is 4.79 Å². The fourth-order valence-corrected chi connectivity index (χ4v) is 2.83. The Balaban J connectivity index is 1.57. The first-order chi connectivity index (χ1) is 11.3. The van der Waals surface area contributed by atoms with Crippen LogP contribution in [-0.4, -0.2) is 19.0 Å². The van der Waals surface area contributed by atoms with Gasteiger partial charge in [-0.2, -0.15) is 0 Å². The predicted octanol–water partition coefficient (Wildman–Crippen LogP) is 4.33. The number of rotatable bonds is 4. The van der Waals surface area contributed by atoms with E-state index in [1.807, 2.05) is 48.5 Å². The summed E-state index contributed by atoms with van der Waals surface area (Å²) < 4.78 is 0. The van der Waals surface area contributed by atoms with Gasteiger partial charge in [-0.05, 0) is 55.2 Å². The third kappa shape index (κ3) is 4.46. The van der Waals surface area contributed by atoms with E-state index in [4.69, 9.17) is 0 Å². The zero-order chi connectivity index (χ0) is 15.9. The second-order valence-electron chi connectivity index (χ2n) is 5.83. The van der Waals surface area contributed by atoms with Gasteiger partial charge in [0.25, 0.3) is 0 Å². The number of nitrogens with one attached hydrogen (secondary N) is 1. The average molecular weight is 306 g/mol. The first-order valence-electron chi connectivity index (χ1n) is 8.20. The van der Waals surface area contributed by atoms with E-state index in [1.165, 1.54) is 24.9 Å². The lowest BCUT2D eigenvalue weighted by atomic mass is 10.1. The summed E-state index contributed by atoms with van der Waals surface area (Å²) in [5.41, 5.74) is 3.08. The Morgan fingerprint density at radius 3 is 2.30 bits per heavy atom. The zero-order valence-electron chi connectivity index (χ0n) is 13.2. The lowest BCUT2D eigenvalue weighted by Crippen LogP contribution is -2.29. The van der Waals surface area contributed by atoms with Gasteiger partial charge in [-0.3, -0.25) is 4.79 Å². The smallest absolute Gasteiger partial charge is 0.248 e. The summed E-state index contributed by atoms with van der Waals surface area (Å²) >= 11 is 0. The third-order valence-corrected chi connectivity index (χ3v) is 4.08. The van der Waals surface area contributed by atoms with Crippen LogP contribution in [0.1, 0.15) is 24.8 Å². The topological polar surface area (TPSA) is 32.3 Å². The molecule has 2 aromatic carbocycles. The number of amides is 1.